The van der Waals surface area contributed by atoms with Gasteiger partial charge in [-0.15, -0.1) is 0 Å². The summed E-state index contributed by atoms with van der Waals surface area (Å²) in [7, 11) is 1.64. The number of pyridine rings is 1. The molecule has 0 unspecified atom stereocenters. The maximum Gasteiger partial charge on any atom is 0.274 e. The predicted octanol–water partition coefficient (Wildman–Crippen LogP) is 1.05. The smallest absolute Gasteiger partial charge is 0.274 e. The maximum atomic E-state index is 13.1. The largest absolute Gasteiger partial charge is 0.373 e. The van der Waals surface area contributed by atoms with E-state index >= 15 is 0 Å². The van der Waals surface area contributed by atoms with Crippen LogP contribution in [0.5, 0.6) is 0 Å². The third-order valence-corrected chi connectivity index (χ3v) is 4.21. The van der Waals surface area contributed by atoms with Gasteiger partial charge in [0.15, 0.2) is 5.65 Å². The summed E-state index contributed by atoms with van der Waals surface area (Å²) in [5, 5.41) is 12.4. The van der Waals surface area contributed by atoms with Crippen LogP contribution in [0.25, 0.3) is 5.65 Å². The lowest BCUT2D eigenvalue weighted by molar-refractivity contribution is 0.0949. The molecule has 0 aliphatic heterocycles. The third kappa shape index (κ3) is 3.09. The molecule has 3 N–H and O–H groups in total. The first kappa shape index (κ1) is 13.7. The van der Waals surface area contributed by atoms with Crippen LogP contribution in [0.1, 0.15) is 20.9 Å². The normalized spacial score (nSPS) is 20.4. The number of amides is 1. The van der Waals surface area contributed by atoms with Gasteiger partial charge in [0.25, 0.3) is 11.5 Å². The lowest BCUT2D eigenvalue weighted by atomic mass is 10.3. The molecule has 27 heavy (non-hydrogen) atoms. The highest BCUT2D eigenvalue weighted by molar-refractivity contribution is 6.00. The van der Waals surface area contributed by atoms with Gasteiger partial charge in [-0.05, 0) is 12.1 Å². The van der Waals surface area contributed by atoms with Crippen LogP contribution in [0.4, 0.5) is 21.7 Å². The average molecular weight is 374 g/mol. The summed E-state index contributed by atoms with van der Waals surface area (Å²) in [6, 6.07) is 3.88. The van der Waals surface area contributed by atoms with Crippen molar-refractivity contribution < 1.29 is 13.3 Å². The van der Waals surface area contributed by atoms with E-state index in [1.54, 1.807) is 13.1 Å². The van der Waals surface area contributed by atoms with E-state index in [2.05, 4.69) is 26.0 Å². The molecule has 3 heterocycles. The fourth-order valence-electron chi connectivity index (χ4n) is 2.65. The lowest BCUT2D eigenvalue weighted by Gasteiger charge is -2.10. The summed E-state index contributed by atoms with van der Waals surface area (Å²) in [6.07, 6.45) is 1.72. The quantitative estimate of drug-likeness (QED) is 0.617. The Balaban J connectivity index is 1.72. The van der Waals surface area contributed by atoms with Crippen molar-refractivity contribution in [1.82, 2.24) is 24.5 Å². The molecular weight excluding hydrogens is 353 g/mol. The molecule has 1 aliphatic carbocycles. The summed E-state index contributed by atoms with van der Waals surface area (Å²) < 4.78 is 37.5. The summed E-state index contributed by atoms with van der Waals surface area (Å²) in [5.74, 6) is 0.145. The number of aromatic nitrogens is 4. The minimum atomic E-state index is -2.63. The Hall–Kier alpha value is -3.43. The van der Waals surface area contributed by atoms with Gasteiger partial charge in [-0.25, -0.2) is 9.37 Å². The number of aryl methyl sites for hydroxylation is 1. The van der Waals surface area contributed by atoms with E-state index in [0.29, 0.717) is 10.4 Å². The molecule has 1 aliphatic rings. The Morgan fingerprint density at radius 2 is 2.30 bits per heavy atom. The van der Waals surface area contributed by atoms with Crippen LogP contribution < -0.4 is 21.5 Å². The van der Waals surface area contributed by atoms with Crippen LogP contribution in [0.3, 0.4) is 0 Å². The Kier molecular flexibility index (Phi) is 3.24. The first-order valence-electron chi connectivity index (χ1n) is 9.69. The number of halogens is 1. The number of fused-ring (bicyclic) bond motifs is 1. The number of hydrogen-bond acceptors (Lipinski definition) is 6. The van der Waals surface area contributed by atoms with Crippen LogP contribution >= 0.6 is 0 Å². The average Bonchev–Trinajstić information content (AvgIpc) is 3.20. The number of nitrogens with zero attached hydrogens (tertiary/aromatic N) is 4. The van der Waals surface area contributed by atoms with E-state index in [-0.39, 0.29) is 29.1 Å². The standard InChI is InChI=1S/C17H18FN7O2/c1-19-14-7-13(21-11-4-3-5-24(2)17(11)27)23-15-9(8-20-25(14)15)16(26)22-12-6-10(12)18/h3-5,7-8,10,12,19H,6H2,1-2H3,(H,21,23)(H,22,26)/t10-,12+/m0/s1/i2D3. The van der Waals surface area contributed by atoms with Gasteiger partial charge in [0, 0.05) is 36.8 Å². The molecule has 2 atom stereocenters. The number of carbonyl (C=O) groups is 1. The second-order valence-electron chi connectivity index (χ2n) is 6.12. The molecule has 0 bridgehead atoms. The number of alkyl halides is 1. The van der Waals surface area contributed by atoms with E-state index < -0.39 is 30.7 Å². The van der Waals surface area contributed by atoms with E-state index in [1.165, 1.54) is 29.0 Å². The van der Waals surface area contributed by atoms with Gasteiger partial charge in [0.05, 0.1) is 12.2 Å². The van der Waals surface area contributed by atoms with E-state index in [9.17, 15) is 14.0 Å². The van der Waals surface area contributed by atoms with Crippen molar-refractivity contribution in [3.63, 3.8) is 0 Å². The molecule has 9 nitrogen and oxygen atoms in total. The van der Waals surface area contributed by atoms with Crippen molar-refractivity contribution in [1.29, 1.82) is 0 Å². The first-order valence-corrected chi connectivity index (χ1v) is 8.19. The molecule has 1 saturated carbocycles. The Morgan fingerprint density at radius 3 is 3.00 bits per heavy atom. The molecule has 0 saturated heterocycles. The van der Waals surface area contributed by atoms with Crippen molar-refractivity contribution >= 4 is 28.9 Å². The number of anilines is 3. The molecule has 10 heteroatoms. The van der Waals surface area contributed by atoms with Crippen LogP contribution in [-0.2, 0) is 6.98 Å². The number of carbonyl (C=O) groups excluding carboxylic acids is 1. The summed E-state index contributed by atoms with van der Waals surface area (Å²) >= 11 is 0. The maximum absolute atomic E-state index is 13.1. The van der Waals surface area contributed by atoms with Crippen molar-refractivity contribution in [3.05, 3.63) is 46.5 Å². The third-order valence-electron chi connectivity index (χ3n) is 4.21. The SMILES string of the molecule is [2H]C([2H])([2H])n1cccc(Nc2cc(NC)n3ncc(C(=O)N[C@@H]4C[C@@H]4F)c3n2)c1=O. The molecule has 1 fully saturated rings. The van der Waals surface area contributed by atoms with E-state index in [4.69, 9.17) is 4.11 Å². The molecule has 1 amide bonds. The second kappa shape index (κ2) is 6.38. The van der Waals surface area contributed by atoms with Crippen LogP contribution in [0.15, 0.2) is 35.4 Å². The Labute approximate surface area is 157 Å². The second-order valence-corrected chi connectivity index (χ2v) is 6.12. The fraction of sp³-hybridized carbons (Fsp3) is 0.294. The zero-order valence-electron chi connectivity index (χ0n) is 17.2. The fourth-order valence-corrected chi connectivity index (χ4v) is 2.65. The van der Waals surface area contributed by atoms with Crippen LogP contribution in [-0.4, -0.2) is 44.3 Å². The lowest BCUT2D eigenvalue weighted by Crippen LogP contribution is -2.27. The van der Waals surface area contributed by atoms with Crippen LogP contribution in [0, 0.1) is 0 Å². The number of rotatable bonds is 5. The molecule has 140 valence electrons. The van der Waals surface area contributed by atoms with Crippen molar-refractivity contribution in [2.75, 3.05) is 17.7 Å². The number of hydrogen-bond donors (Lipinski definition) is 3. The summed E-state index contributed by atoms with van der Waals surface area (Å²) in [6.45, 7) is -2.63. The Morgan fingerprint density at radius 1 is 1.48 bits per heavy atom. The molecule has 4 rings (SSSR count). The number of nitrogens with one attached hydrogen (secondary N) is 3. The monoisotopic (exact) mass is 374 g/mol. The minimum Gasteiger partial charge on any atom is -0.373 e. The predicted molar refractivity (Wildman–Crippen MR) is 98.3 cm³/mol. The molecule has 0 radical (unpaired) electrons. The molecule has 3 aromatic heterocycles. The van der Waals surface area contributed by atoms with E-state index in [1.807, 2.05) is 0 Å². The highest BCUT2D eigenvalue weighted by atomic mass is 19.1. The van der Waals surface area contributed by atoms with Gasteiger partial charge in [-0.2, -0.15) is 9.61 Å². The van der Waals surface area contributed by atoms with Gasteiger partial charge in [0.2, 0.25) is 0 Å². The zero-order valence-corrected chi connectivity index (χ0v) is 14.2. The first-order chi connectivity index (χ1) is 14.2. The van der Waals surface area contributed by atoms with Crippen LogP contribution in [0.2, 0.25) is 0 Å². The van der Waals surface area contributed by atoms with Crippen molar-refractivity contribution in [3.8, 4) is 0 Å². The van der Waals surface area contributed by atoms with Gasteiger partial charge in [-0.3, -0.25) is 9.59 Å². The van der Waals surface area contributed by atoms with Gasteiger partial charge in [0.1, 0.15) is 29.1 Å². The highest BCUT2D eigenvalue weighted by Crippen LogP contribution is 2.26. The van der Waals surface area contributed by atoms with Gasteiger partial charge in [-0.1, -0.05) is 0 Å². The van der Waals surface area contributed by atoms with Gasteiger partial charge >= 0.3 is 0 Å². The van der Waals surface area contributed by atoms with Gasteiger partial charge < -0.3 is 20.5 Å². The summed E-state index contributed by atoms with van der Waals surface area (Å²) in [5.41, 5.74) is -0.428. The minimum absolute atomic E-state index is 0.00343. The van der Waals surface area contributed by atoms with Crippen molar-refractivity contribution in [2.24, 2.45) is 6.98 Å². The topological polar surface area (TPSA) is 105 Å². The molecule has 0 spiro atoms. The molecule has 3 aromatic rings. The molecule has 0 aromatic carbocycles. The highest BCUT2D eigenvalue weighted by Gasteiger charge is 2.39. The van der Waals surface area contributed by atoms with E-state index in [0.717, 1.165) is 0 Å². The molecular formula is C17H18FN7O2. The Bertz CT molecular complexity index is 1190. The van der Waals surface area contributed by atoms with Crippen molar-refractivity contribution in [2.45, 2.75) is 18.6 Å². The summed E-state index contributed by atoms with van der Waals surface area (Å²) in [4.78, 5) is 29.3. The zero-order chi connectivity index (χ0) is 21.6.